The van der Waals surface area contributed by atoms with Crippen LogP contribution in [0.2, 0.25) is 0 Å². The number of nitrogens with zero attached hydrogens (tertiary/aromatic N) is 1. The van der Waals surface area contributed by atoms with Crippen molar-refractivity contribution in [2.45, 2.75) is 18.9 Å². The molecule has 1 saturated carbocycles. The third-order valence-electron chi connectivity index (χ3n) is 3.01. The monoisotopic (exact) mass is 229 g/mol. The molecule has 0 aliphatic heterocycles. The minimum absolute atomic E-state index is 0.00655. The van der Waals surface area contributed by atoms with Crippen molar-refractivity contribution in [3.8, 4) is 18.1 Å². The number of ether oxygens (including phenoxy) is 1. The average molecular weight is 229 g/mol. The van der Waals surface area contributed by atoms with E-state index in [1.54, 1.807) is 30.2 Å². The summed E-state index contributed by atoms with van der Waals surface area (Å²) in [4.78, 5) is 14.0. The van der Waals surface area contributed by atoms with E-state index in [0.717, 1.165) is 12.8 Å². The van der Waals surface area contributed by atoms with E-state index < -0.39 is 0 Å². The molecule has 0 saturated heterocycles. The molecule has 1 aliphatic carbocycles. The van der Waals surface area contributed by atoms with Crippen LogP contribution in [0.4, 0.5) is 0 Å². The molecule has 3 nitrogen and oxygen atoms in total. The molecule has 0 spiro atoms. The Balaban J connectivity index is 2.31. The molecule has 0 radical (unpaired) electrons. The molecule has 1 fully saturated rings. The number of carbonyl (C=O) groups is 1. The number of carbonyl (C=O) groups excluding carboxylic acids is 1. The van der Waals surface area contributed by atoms with Crippen molar-refractivity contribution in [3.63, 3.8) is 0 Å². The van der Waals surface area contributed by atoms with E-state index in [-0.39, 0.29) is 5.91 Å². The lowest BCUT2D eigenvalue weighted by Gasteiger charge is -2.18. The van der Waals surface area contributed by atoms with Crippen LogP contribution in [0.15, 0.2) is 18.2 Å². The largest absolute Gasteiger partial charge is 0.496 e. The highest BCUT2D eigenvalue weighted by Crippen LogP contribution is 2.29. The van der Waals surface area contributed by atoms with Crippen molar-refractivity contribution in [2.75, 3.05) is 14.2 Å². The molecule has 1 aromatic rings. The summed E-state index contributed by atoms with van der Waals surface area (Å²) in [7, 11) is 3.37. The van der Waals surface area contributed by atoms with E-state index in [0.29, 0.717) is 22.9 Å². The number of benzene rings is 1. The zero-order valence-electron chi connectivity index (χ0n) is 10.1. The molecule has 0 heterocycles. The average Bonchev–Trinajstić information content (AvgIpc) is 3.20. The van der Waals surface area contributed by atoms with E-state index in [1.807, 2.05) is 7.05 Å². The van der Waals surface area contributed by atoms with Gasteiger partial charge in [0.2, 0.25) is 0 Å². The third kappa shape index (κ3) is 2.26. The van der Waals surface area contributed by atoms with Crippen LogP contribution < -0.4 is 4.74 Å². The van der Waals surface area contributed by atoms with Gasteiger partial charge in [-0.25, -0.2) is 0 Å². The summed E-state index contributed by atoms with van der Waals surface area (Å²) in [5.74, 6) is 3.06. The summed E-state index contributed by atoms with van der Waals surface area (Å²) < 4.78 is 5.22. The molecular weight excluding hydrogens is 214 g/mol. The van der Waals surface area contributed by atoms with Gasteiger partial charge in [0.05, 0.1) is 12.7 Å². The van der Waals surface area contributed by atoms with Crippen LogP contribution in [0.25, 0.3) is 0 Å². The summed E-state index contributed by atoms with van der Waals surface area (Å²) in [5, 5.41) is 0. The number of hydrogen-bond acceptors (Lipinski definition) is 2. The van der Waals surface area contributed by atoms with E-state index in [4.69, 9.17) is 11.2 Å². The molecule has 3 heteroatoms. The molecule has 0 atom stereocenters. The Labute approximate surface area is 101 Å². The molecule has 17 heavy (non-hydrogen) atoms. The Morgan fingerprint density at radius 3 is 2.76 bits per heavy atom. The van der Waals surface area contributed by atoms with Crippen molar-refractivity contribution >= 4 is 5.91 Å². The van der Waals surface area contributed by atoms with Gasteiger partial charge >= 0.3 is 0 Å². The topological polar surface area (TPSA) is 29.5 Å². The van der Waals surface area contributed by atoms with Gasteiger partial charge < -0.3 is 9.64 Å². The fourth-order valence-corrected chi connectivity index (χ4v) is 1.78. The van der Waals surface area contributed by atoms with Crippen molar-refractivity contribution < 1.29 is 9.53 Å². The molecule has 1 amide bonds. The highest BCUT2D eigenvalue weighted by Gasteiger charge is 2.31. The normalized spacial score (nSPS) is 13.9. The predicted molar refractivity (Wildman–Crippen MR) is 66.0 cm³/mol. The fraction of sp³-hybridized carbons (Fsp3) is 0.357. The summed E-state index contributed by atoms with van der Waals surface area (Å²) in [6.45, 7) is 0. The molecule has 2 rings (SSSR count). The minimum Gasteiger partial charge on any atom is -0.496 e. The van der Waals surface area contributed by atoms with Crippen LogP contribution in [0, 0.1) is 12.3 Å². The zero-order valence-corrected chi connectivity index (χ0v) is 10.1. The Morgan fingerprint density at radius 2 is 2.24 bits per heavy atom. The maximum atomic E-state index is 12.2. The fourth-order valence-electron chi connectivity index (χ4n) is 1.78. The molecular formula is C14H15NO2. The van der Waals surface area contributed by atoms with Gasteiger partial charge in [0.1, 0.15) is 5.75 Å². The highest BCUT2D eigenvalue weighted by atomic mass is 16.5. The van der Waals surface area contributed by atoms with Crippen molar-refractivity contribution in [1.29, 1.82) is 0 Å². The number of hydrogen-bond donors (Lipinski definition) is 0. The van der Waals surface area contributed by atoms with Gasteiger partial charge in [-0.05, 0) is 31.0 Å². The quantitative estimate of drug-likeness (QED) is 0.741. The van der Waals surface area contributed by atoms with E-state index in [1.165, 1.54) is 0 Å². The summed E-state index contributed by atoms with van der Waals surface area (Å²) in [6, 6.07) is 5.60. The van der Waals surface area contributed by atoms with Gasteiger partial charge in [0, 0.05) is 18.7 Å². The van der Waals surface area contributed by atoms with Crippen LogP contribution in [0.3, 0.4) is 0 Å². The lowest BCUT2D eigenvalue weighted by molar-refractivity contribution is 0.0781. The summed E-state index contributed by atoms with van der Waals surface area (Å²) >= 11 is 0. The van der Waals surface area contributed by atoms with Crippen LogP contribution in [-0.2, 0) is 0 Å². The molecule has 1 aromatic carbocycles. The second kappa shape index (κ2) is 4.50. The van der Waals surface area contributed by atoms with Gasteiger partial charge in [0.25, 0.3) is 5.91 Å². The lowest BCUT2D eigenvalue weighted by atomic mass is 10.1. The first-order chi connectivity index (χ1) is 8.17. The molecule has 0 N–H and O–H groups in total. The summed E-state index contributed by atoms with van der Waals surface area (Å²) in [6.07, 6.45) is 7.50. The SMILES string of the molecule is C#Cc1ccc(C(=O)N(C)C2CC2)c(OC)c1. The Hall–Kier alpha value is -1.95. The number of rotatable bonds is 3. The number of amides is 1. The van der Waals surface area contributed by atoms with Crippen LogP contribution in [-0.4, -0.2) is 31.0 Å². The highest BCUT2D eigenvalue weighted by molar-refractivity contribution is 5.97. The third-order valence-corrected chi connectivity index (χ3v) is 3.01. The second-order valence-corrected chi connectivity index (χ2v) is 4.21. The molecule has 0 unspecified atom stereocenters. The Morgan fingerprint density at radius 1 is 1.53 bits per heavy atom. The van der Waals surface area contributed by atoms with Crippen molar-refractivity contribution in [1.82, 2.24) is 4.90 Å². The van der Waals surface area contributed by atoms with Gasteiger partial charge in [-0.3, -0.25) is 4.79 Å². The first-order valence-corrected chi connectivity index (χ1v) is 5.59. The lowest BCUT2D eigenvalue weighted by Crippen LogP contribution is -2.29. The summed E-state index contributed by atoms with van der Waals surface area (Å²) in [5.41, 5.74) is 1.29. The number of methoxy groups -OCH3 is 1. The van der Waals surface area contributed by atoms with Crippen molar-refractivity contribution in [3.05, 3.63) is 29.3 Å². The van der Waals surface area contributed by atoms with Crippen LogP contribution in [0.1, 0.15) is 28.8 Å². The molecule has 1 aliphatic rings. The first kappa shape index (κ1) is 11.5. The van der Waals surface area contributed by atoms with Gasteiger partial charge in [-0.1, -0.05) is 5.92 Å². The van der Waals surface area contributed by atoms with Crippen LogP contribution in [0.5, 0.6) is 5.75 Å². The zero-order chi connectivity index (χ0) is 12.4. The Bertz CT molecular complexity index is 483. The maximum absolute atomic E-state index is 12.2. The van der Waals surface area contributed by atoms with E-state index in [2.05, 4.69) is 5.92 Å². The van der Waals surface area contributed by atoms with Crippen molar-refractivity contribution in [2.24, 2.45) is 0 Å². The molecule has 0 aromatic heterocycles. The standard InChI is InChI=1S/C14H15NO2/c1-4-10-5-8-12(13(9-10)17-3)14(16)15(2)11-6-7-11/h1,5,8-9,11H,6-7H2,2-3H3. The second-order valence-electron chi connectivity index (χ2n) is 4.21. The van der Waals surface area contributed by atoms with Gasteiger partial charge in [-0.2, -0.15) is 0 Å². The predicted octanol–water partition coefficient (Wildman–Crippen LogP) is 1.91. The Kier molecular flexibility index (Phi) is 3.06. The minimum atomic E-state index is -0.00655. The first-order valence-electron chi connectivity index (χ1n) is 5.59. The van der Waals surface area contributed by atoms with Gasteiger partial charge in [0.15, 0.2) is 0 Å². The van der Waals surface area contributed by atoms with E-state index in [9.17, 15) is 4.79 Å². The molecule has 0 bridgehead atoms. The molecule has 88 valence electrons. The van der Waals surface area contributed by atoms with Gasteiger partial charge in [-0.15, -0.1) is 6.42 Å². The number of terminal acetylenes is 1. The van der Waals surface area contributed by atoms with E-state index >= 15 is 0 Å². The maximum Gasteiger partial charge on any atom is 0.257 e. The van der Waals surface area contributed by atoms with Crippen LogP contribution >= 0.6 is 0 Å². The smallest absolute Gasteiger partial charge is 0.257 e.